The van der Waals surface area contributed by atoms with Crippen LogP contribution >= 0.6 is 11.3 Å². The van der Waals surface area contributed by atoms with E-state index >= 15 is 0 Å². The summed E-state index contributed by atoms with van der Waals surface area (Å²) < 4.78 is 42.1. The van der Waals surface area contributed by atoms with Gasteiger partial charge in [0.2, 0.25) is 0 Å². The number of aliphatic imine (C=N–C) groups is 1. The Labute approximate surface area is 217 Å². The van der Waals surface area contributed by atoms with Crippen molar-refractivity contribution in [2.24, 2.45) is 4.99 Å². The van der Waals surface area contributed by atoms with E-state index in [2.05, 4.69) is 26.2 Å². The summed E-state index contributed by atoms with van der Waals surface area (Å²) in [7, 11) is 0. The lowest BCUT2D eigenvalue weighted by atomic mass is 9.93. The summed E-state index contributed by atoms with van der Waals surface area (Å²) in [6, 6.07) is 5.17. The van der Waals surface area contributed by atoms with Crippen molar-refractivity contribution in [2.75, 3.05) is 6.54 Å². The van der Waals surface area contributed by atoms with Crippen molar-refractivity contribution in [3.8, 4) is 5.00 Å². The number of nitrogens with one attached hydrogen (secondary N) is 1. The Kier molecular flexibility index (Phi) is 5.90. The van der Waals surface area contributed by atoms with Crippen LogP contribution in [0, 0.1) is 6.92 Å². The molecule has 0 saturated heterocycles. The van der Waals surface area contributed by atoms with E-state index < -0.39 is 11.7 Å². The minimum atomic E-state index is -4.39. The number of allylic oxidation sites excluding steroid dienone is 3. The van der Waals surface area contributed by atoms with Gasteiger partial charge in [-0.1, -0.05) is 30.4 Å². The second-order valence-electron chi connectivity index (χ2n) is 9.45. The van der Waals surface area contributed by atoms with Crippen molar-refractivity contribution >= 4 is 23.2 Å². The lowest BCUT2D eigenvalue weighted by molar-refractivity contribution is -0.137. The number of fused-ring (bicyclic) bond motifs is 5. The molecule has 0 fully saturated rings. The van der Waals surface area contributed by atoms with Gasteiger partial charge >= 0.3 is 6.18 Å². The molecule has 1 atom stereocenters. The van der Waals surface area contributed by atoms with E-state index in [-0.39, 0.29) is 6.04 Å². The van der Waals surface area contributed by atoms with Crippen molar-refractivity contribution in [2.45, 2.75) is 51.7 Å². The maximum atomic E-state index is 13.3. The summed E-state index contributed by atoms with van der Waals surface area (Å²) in [5.74, 6) is 1.63. The molecule has 1 N–H and O–H groups in total. The highest BCUT2D eigenvalue weighted by molar-refractivity contribution is 7.15. The highest BCUT2D eigenvalue weighted by Crippen LogP contribution is 2.42. The molecular weight excluding hydrogens is 495 g/mol. The van der Waals surface area contributed by atoms with Crippen molar-refractivity contribution in [3.63, 3.8) is 0 Å². The Balaban J connectivity index is 1.36. The van der Waals surface area contributed by atoms with Crippen LogP contribution in [0.25, 0.3) is 10.7 Å². The molecule has 3 aliphatic rings. The minimum absolute atomic E-state index is 0.299. The second kappa shape index (κ2) is 9.13. The van der Waals surface area contributed by atoms with Crippen LogP contribution in [0.15, 0.2) is 58.6 Å². The zero-order valence-electron chi connectivity index (χ0n) is 20.6. The van der Waals surface area contributed by atoms with E-state index in [0.717, 1.165) is 46.7 Å². The molecule has 6 rings (SSSR count). The van der Waals surface area contributed by atoms with E-state index in [1.165, 1.54) is 34.6 Å². The molecule has 2 aliphatic carbocycles. The SMILES string of the molecule is CCNC(=C1C=CC(C2N=Cc3c(sc4c3CCC4)-n3c(C)nnc32)=CC1)c1cccc(C(F)(F)F)c1. The number of alkyl halides is 3. The lowest BCUT2D eigenvalue weighted by Gasteiger charge is -2.20. The molecule has 1 aliphatic heterocycles. The fraction of sp³-hybridized carbons (Fsp3) is 0.321. The van der Waals surface area contributed by atoms with Gasteiger partial charge in [0, 0.05) is 28.9 Å². The van der Waals surface area contributed by atoms with Crippen LogP contribution in [-0.4, -0.2) is 27.5 Å². The largest absolute Gasteiger partial charge is 0.416 e. The summed E-state index contributed by atoms with van der Waals surface area (Å²) >= 11 is 1.82. The molecule has 0 spiro atoms. The van der Waals surface area contributed by atoms with E-state index in [9.17, 15) is 13.2 Å². The van der Waals surface area contributed by atoms with Gasteiger partial charge in [0.15, 0.2) is 5.82 Å². The van der Waals surface area contributed by atoms with Gasteiger partial charge in [-0.25, -0.2) is 0 Å². The topological polar surface area (TPSA) is 55.1 Å². The van der Waals surface area contributed by atoms with Gasteiger partial charge in [0.05, 0.1) is 5.56 Å². The molecule has 3 aromatic rings. The summed E-state index contributed by atoms with van der Waals surface area (Å²) in [4.78, 5) is 6.41. The average molecular weight is 522 g/mol. The molecule has 0 radical (unpaired) electrons. The predicted molar refractivity (Wildman–Crippen MR) is 140 cm³/mol. The van der Waals surface area contributed by atoms with Gasteiger partial charge in [-0.3, -0.25) is 9.56 Å². The third kappa shape index (κ3) is 4.15. The van der Waals surface area contributed by atoms with Crippen LogP contribution in [0.3, 0.4) is 0 Å². The number of halogens is 3. The van der Waals surface area contributed by atoms with Crippen molar-refractivity contribution in [1.82, 2.24) is 20.1 Å². The van der Waals surface area contributed by atoms with Crippen molar-refractivity contribution in [1.29, 1.82) is 0 Å². The number of thiophene rings is 1. The zero-order valence-corrected chi connectivity index (χ0v) is 21.4. The van der Waals surface area contributed by atoms with Gasteiger partial charge in [0.25, 0.3) is 0 Å². The summed E-state index contributed by atoms with van der Waals surface area (Å²) in [6.45, 7) is 4.51. The monoisotopic (exact) mass is 521 g/mol. The zero-order chi connectivity index (χ0) is 25.7. The van der Waals surface area contributed by atoms with Crippen molar-refractivity contribution < 1.29 is 13.2 Å². The van der Waals surface area contributed by atoms with Gasteiger partial charge in [-0.15, -0.1) is 21.5 Å². The maximum Gasteiger partial charge on any atom is 0.416 e. The minimum Gasteiger partial charge on any atom is -0.385 e. The fourth-order valence-corrected chi connectivity index (χ4v) is 6.77. The number of aromatic nitrogens is 3. The molecule has 3 heterocycles. The Bertz CT molecular complexity index is 1500. The second-order valence-corrected chi connectivity index (χ2v) is 10.5. The predicted octanol–water partition coefficient (Wildman–Crippen LogP) is 6.53. The Morgan fingerprint density at radius 1 is 1.19 bits per heavy atom. The molecule has 5 nitrogen and oxygen atoms in total. The fourth-order valence-electron chi connectivity index (χ4n) is 5.35. The molecule has 190 valence electrons. The van der Waals surface area contributed by atoms with E-state index in [4.69, 9.17) is 4.99 Å². The highest BCUT2D eigenvalue weighted by Gasteiger charge is 2.32. The first-order valence-electron chi connectivity index (χ1n) is 12.5. The Morgan fingerprint density at radius 2 is 2.05 bits per heavy atom. The average Bonchev–Trinajstić information content (AvgIpc) is 3.55. The van der Waals surface area contributed by atoms with Crippen LogP contribution in [0.5, 0.6) is 0 Å². The first-order valence-corrected chi connectivity index (χ1v) is 13.3. The maximum absolute atomic E-state index is 13.3. The van der Waals surface area contributed by atoms with Crippen LogP contribution in [0.2, 0.25) is 0 Å². The number of aryl methyl sites for hydroxylation is 2. The molecule has 0 saturated carbocycles. The number of nitrogens with zero attached hydrogens (tertiary/aromatic N) is 4. The van der Waals surface area contributed by atoms with Crippen molar-refractivity contribution in [3.05, 3.63) is 92.4 Å². The van der Waals surface area contributed by atoms with Gasteiger partial charge in [-0.05, 0) is 73.9 Å². The smallest absolute Gasteiger partial charge is 0.385 e. The van der Waals surface area contributed by atoms with E-state index in [1.54, 1.807) is 6.07 Å². The first kappa shape index (κ1) is 23.9. The number of hydrogen-bond acceptors (Lipinski definition) is 5. The normalized spacial score (nSPS) is 19.7. The third-order valence-electron chi connectivity index (χ3n) is 7.10. The molecule has 0 amide bonds. The van der Waals surface area contributed by atoms with E-state index in [0.29, 0.717) is 24.2 Å². The molecule has 1 unspecified atom stereocenters. The van der Waals surface area contributed by atoms with Crippen LogP contribution < -0.4 is 5.32 Å². The third-order valence-corrected chi connectivity index (χ3v) is 8.39. The standard InChI is InChI=1S/C28H26F3N5S/c1-3-32-24(19-6-4-7-20(14-19)28(29,30)31)17-10-12-18(13-11-17)25-26-35-34-16(2)36(26)27-22(15-33-25)21-8-5-9-23(21)37-27/h4,6-7,10,12-15,25,32H,3,5,8-9,11H2,1-2H3. The lowest BCUT2D eigenvalue weighted by Crippen LogP contribution is -2.15. The molecule has 37 heavy (non-hydrogen) atoms. The first-order chi connectivity index (χ1) is 17.8. The van der Waals surface area contributed by atoms with E-state index in [1.807, 2.05) is 43.6 Å². The number of benzene rings is 1. The summed E-state index contributed by atoms with van der Waals surface area (Å²) in [5, 5.41) is 13.3. The molecule has 9 heteroatoms. The molecule has 0 bridgehead atoms. The van der Waals surface area contributed by atoms with Crippen LogP contribution in [-0.2, 0) is 19.0 Å². The van der Waals surface area contributed by atoms with Gasteiger partial charge in [-0.2, -0.15) is 13.2 Å². The quantitative estimate of drug-likeness (QED) is 0.425. The highest BCUT2D eigenvalue weighted by atomic mass is 32.1. The Hall–Kier alpha value is -3.46. The Morgan fingerprint density at radius 3 is 2.81 bits per heavy atom. The molecule has 2 aromatic heterocycles. The number of rotatable bonds is 4. The van der Waals surface area contributed by atoms with Crippen LogP contribution in [0.1, 0.15) is 64.6 Å². The summed E-state index contributed by atoms with van der Waals surface area (Å²) in [5.41, 5.74) is 5.09. The van der Waals surface area contributed by atoms with Gasteiger partial charge < -0.3 is 5.32 Å². The van der Waals surface area contributed by atoms with Gasteiger partial charge in [0.1, 0.15) is 16.9 Å². The summed E-state index contributed by atoms with van der Waals surface area (Å²) in [6.07, 6.45) is 7.64. The van der Waals surface area contributed by atoms with Crippen LogP contribution in [0.4, 0.5) is 13.2 Å². The number of hydrogen-bond donors (Lipinski definition) is 1. The molecule has 1 aromatic carbocycles. The molecular formula is C28H26F3N5S.